The van der Waals surface area contributed by atoms with Crippen LogP contribution in [0, 0.1) is 6.92 Å². The second-order valence-electron chi connectivity index (χ2n) is 2.87. The van der Waals surface area contributed by atoms with E-state index in [0.29, 0.717) is 11.8 Å². The van der Waals surface area contributed by atoms with Crippen LogP contribution in [0.25, 0.3) is 0 Å². The SMILES string of the molecule is CC[C@@H](C)c1noc(N)c1C. The molecule has 1 aromatic rings. The molecule has 0 fully saturated rings. The number of nitrogens with two attached hydrogens (primary N) is 1. The first-order chi connectivity index (χ1) is 5.16. The van der Waals surface area contributed by atoms with Gasteiger partial charge in [0.15, 0.2) is 0 Å². The van der Waals surface area contributed by atoms with Gasteiger partial charge in [0.05, 0.1) is 5.69 Å². The Balaban J connectivity index is 2.94. The Bertz CT molecular complexity index is 242. The van der Waals surface area contributed by atoms with Crippen LogP contribution in [-0.2, 0) is 0 Å². The van der Waals surface area contributed by atoms with Crippen molar-refractivity contribution < 1.29 is 4.52 Å². The molecule has 1 aromatic heterocycles. The minimum atomic E-state index is 0.441. The fourth-order valence-electron chi connectivity index (χ4n) is 1.01. The summed E-state index contributed by atoms with van der Waals surface area (Å²) in [6.45, 7) is 6.17. The summed E-state index contributed by atoms with van der Waals surface area (Å²) in [6, 6.07) is 0. The minimum absolute atomic E-state index is 0.441. The molecule has 0 unspecified atom stereocenters. The fourth-order valence-corrected chi connectivity index (χ4v) is 1.01. The van der Waals surface area contributed by atoms with Gasteiger partial charge in [-0.15, -0.1) is 0 Å². The normalized spacial score (nSPS) is 13.4. The summed E-state index contributed by atoms with van der Waals surface area (Å²) in [4.78, 5) is 0. The molecule has 1 heterocycles. The molecule has 0 saturated carbocycles. The van der Waals surface area contributed by atoms with Gasteiger partial charge in [-0.1, -0.05) is 19.0 Å². The lowest BCUT2D eigenvalue weighted by molar-refractivity contribution is 0.421. The quantitative estimate of drug-likeness (QED) is 0.709. The first-order valence-electron chi connectivity index (χ1n) is 3.88. The molecule has 0 aromatic carbocycles. The molecular weight excluding hydrogens is 140 g/mol. The molecule has 62 valence electrons. The number of rotatable bonds is 2. The van der Waals surface area contributed by atoms with E-state index in [4.69, 9.17) is 10.3 Å². The van der Waals surface area contributed by atoms with Gasteiger partial charge in [0, 0.05) is 11.5 Å². The number of hydrogen-bond donors (Lipinski definition) is 1. The molecular formula is C8H14N2O. The zero-order valence-electron chi connectivity index (χ0n) is 7.22. The fraction of sp³-hybridized carbons (Fsp3) is 0.625. The second-order valence-corrected chi connectivity index (χ2v) is 2.87. The molecule has 0 bridgehead atoms. The van der Waals surface area contributed by atoms with E-state index in [0.717, 1.165) is 17.7 Å². The summed E-state index contributed by atoms with van der Waals surface area (Å²) in [5.41, 5.74) is 7.48. The van der Waals surface area contributed by atoms with Gasteiger partial charge in [-0.2, -0.15) is 0 Å². The molecule has 1 atom stereocenters. The van der Waals surface area contributed by atoms with E-state index < -0.39 is 0 Å². The largest absolute Gasteiger partial charge is 0.367 e. The summed E-state index contributed by atoms with van der Waals surface area (Å²) < 4.78 is 4.85. The van der Waals surface area contributed by atoms with Crippen molar-refractivity contribution in [3.8, 4) is 0 Å². The van der Waals surface area contributed by atoms with Gasteiger partial charge in [-0.05, 0) is 13.3 Å². The molecule has 0 aliphatic rings. The van der Waals surface area contributed by atoms with Gasteiger partial charge >= 0.3 is 0 Å². The predicted octanol–water partition coefficient (Wildman–Crippen LogP) is 2.08. The van der Waals surface area contributed by atoms with E-state index >= 15 is 0 Å². The van der Waals surface area contributed by atoms with Crippen molar-refractivity contribution in [3.05, 3.63) is 11.3 Å². The van der Waals surface area contributed by atoms with Crippen molar-refractivity contribution in [3.63, 3.8) is 0 Å². The second kappa shape index (κ2) is 2.95. The Labute approximate surface area is 66.6 Å². The summed E-state index contributed by atoms with van der Waals surface area (Å²) in [5.74, 6) is 0.886. The summed E-state index contributed by atoms with van der Waals surface area (Å²) in [6.07, 6.45) is 1.06. The van der Waals surface area contributed by atoms with E-state index in [1.807, 2.05) is 6.92 Å². The third-order valence-electron chi connectivity index (χ3n) is 2.08. The van der Waals surface area contributed by atoms with Crippen molar-refractivity contribution in [2.45, 2.75) is 33.1 Å². The number of hydrogen-bond acceptors (Lipinski definition) is 3. The Hall–Kier alpha value is -0.990. The van der Waals surface area contributed by atoms with Crippen LogP contribution in [0.1, 0.15) is 37.4 Å². The maximum Gasteiger partial charge on any atom is 0.225 e. The molecule has 1 rings (SSSR count). The smallest absolute Gasteiger partial charge is 0.225 e. The zero-order valence-corrected chi connectivity index (χ0v) is 7.22. The van der Waals surface area contributed by atoms with Crippen LogP contribution in [0.3, 0.4) is 0 Å². The lowest BCUT2D eigenvalue weighted by atomic mass is 10.0. The van der Waals surface area contributed by atoms with Crippen LogP contribution in [0.5, 0.6) is 0 Å². The summed E-state index contributed by atoms with van der Waals surface area (Å²) >= 11 is 0. The van der Waals surface area contributed by atoms with Gasteiger partial charge < -0.3 is 10.3 Å². The number of nitrogens with zero attached hydrogens (tertiary/aromatic N) is 1. The topological polar surface area (TPSA) is 52.0 Å². The molecule has 0 spiro atoms. The van der Waals surface area contributed by atoms with Gasteiger partial charge in [-0.25, -0.2) is 0 Å². The maximum absolute atomic E-state index is 5.50. The molecule has 0 amide bonds. The lowest BCUT2D eigenvalue weighted by Crippen LogP contribution is -1.94. The van der Waals surface area contributed by atoms with Crippen molar-refractivity contribution in [2.24, 2.45) is 0 Å². The van der Waals surface area contributed by atoms with Crippen molar-refractivity contribution in [1.82, 2.24) is 5.16 Å². The molecule has 0 radical (unpaired) electrons. The Morgan fingerprint density at radius 1 is 1.64 bits per heavy atom. The van der Waals surface area contributed by atoms with Crippen molar-refractivity contribution in [1.29, 1.82) is 0 Å². The third-order valence-corrected chi connectivity index (χ3v) is 2.08. The standard InChI is InChI=1S/C8H14N2O/c1-4-5(2)7-6(3)8(9)11-10-7/h5H,4,9H2,1-3H3/t5-/m1/s1. The Morgan fingerprint density at radius 2 is 2.27 bits per heavy atom. The molecule has 2 N–H and O–H groups in total. The number of anilines is 1. The van der Waals surface area contributed by atoms with Gasteiger partial charge in [-0.3, -0.25) is 0 Å². The highest BCUT2D eigenvalue weighted by Gasteiger charge is 2.13. The lowest BCUT2D eigenvalue weighted by Gasteiger charge is -2.02. The van der Waals surface area contributed by atoms with Gasteiger partial charge in [0.2, 0.25) is 5.88 Å². The molecule has 3 heteroatoms. The van der Waals surface area contributed by atoms with Gasteiger partial charge in [0.1, 0.15) is 0 Å². The monoisotopic (exact) mass is 154 g/mol. The first kappa shape index (κ1) is 8.11. The van der Waals surface area contributed by atoms with Crippen LogP contribution in [0.4, 0.5) is 5.88 Å². The Kier molecular flexibility index (Phi) is 2.17. The number of aromatic nitrogens is 1. The van der Waals surface area contributed by atoms with Crippen LogP contribution in [0.15, 0.2) is 4.52 Å². The highest BCUT2D eigenvalue weighted by atomic mass is 16.5. The first-order valence-corrected chi connectivity index (χ1v) is 3.88. The van der Waals surface area contributed by atoms with Gasteiger partial charge in [0.25, 0.3) is 0 Å². The van der Waals surface area contributed by atoms with E-state index in [1.165, 1.54) is 0 Å². The summed E-state index contributed by atoms with van der Waals surface area (Å²) in [7, 11) is 0. The molecule has 3 nitrogen and oxygen atoms in total. The molecule has 0 saturated heterocycles. The molecule has 11 heavy (non-hydrogen) atoms. The predicted molar refractivity (Wildman–Crippen MR) is 44.4 cm³/mol. The average molecular weight is 154 g/mol. The zero-order chi connectivity index (χ0) is 8.43. The number of nitrogen functional groups attached to an aromatic ring is 1. The van der Waals surface area contributed by atoms with E-state index in [1.54, 1.807) is 0 Å². The highest BCUT2D eigenvalue weighted by Crippen LogP contribution is 2.24. The van der Waals surface area contributed by atoms with E-state index in [9.17, 15) is 0 Å². The maximum atomic E-state index is 5.50. The van der Waals surface area contributed by atoms with Crippen LogP contribution < -0.4 is 5.73 Å². The third kappa shape index (κ3) is 1.37. The van der Waals surface area contributed by atoms with Crippen molar-refractivity contribution in [2.75, 3.05) is 5.73 Å². The average Bonchev–Trinajstić information content (AvgIpc) is 2.32. The summed E-state index contributed by atoms with van der Waals surface area (Å²) in [5, 5.41) is 3.89. The van der Waals surface area contributed by atoms with E-state index in [2.05, 4.69) is 19.0 Å². The van der Waals surface area contributed by atoms with Crippen LogP contribution in [0.2, 0.25) is 0 Å². The van der Waals surface area contributed by atoms with E-state index in [-0.39, 0.29) is 0 Å². The van der Waals surface area contributed by atoms with Crippen molar-refractivity contribution >= 4 is 5.88 Å². The highest BCUT2D eigenvalue weighted by molar-refractivity contribution is 5.38. The van der Waals surface area contributed by atoms with Crippen LogP contribution >= 0.6 is 0 Å². The molecule has 0 aliphatic carbocycles. The Morgan fingerprint density at radius 3 is 2.64 bits per heavy atom. The van der Waals surface area contributed by atoms with Crippen LogP contribution in [-0.4, -0.2) is 5.16 Å². The molecule has 0 aliphatic heterocycles. The minimum Gasteiger partial charge on any atom is -0.367 e.